The minimum absolute atomic E-state index is 0.279. The smallest absolute Gasteiger partial charge is 0.138 e. The van der Waals surface area contributed by atoms with Crippen molar-refractivity contribution < 1.29 is 4.74 Å². The van der Waals surface area contributed by atoms with Crippen LogP contribution in [0.15, 0.2) is 18.3 Å². The number of hydrogen-bond acceptors (Lipinski definition) is 4. The van der Waals surface area contributed by atoms with E-state index in [1.807, 2.05) is 6.07 Å². The number of rotatable bonds is 3. The van der Waals surface area contributed by atoms with Gasteiger partial charge in [0.25, 0.3) is 0 Å². The molecule has 1 aliphatic rings. The molecule has 0 spiro atoms. The van der Waals surface area contributed by atoms with Gasteiger partial charge < -0.3 is 4.74 Å². The van der Waals surface area contributed by atoms with E-state index in [9.17, 15) is 0 Å². The lowest BCUT2D eigenvalue weighted by atomic mass is 10.1. The summed E-state index contributed by atoms with van der Waals surface area (Å²) < 4.78 is 5.87. The summed E-state index contributed by atoms with van der Waals surface area (Å²) in [5, 5.41) is 0.823. The number of nitrogens with zero attached hydrogens (tertiary/aromatic N) is 2. The summed E-state index contributed by atoms with van der Waals surface area (Å²) in [4.78, 5) is 6.36. The maximum Gasteiger partial charge on any atom is 0.138 e. The summed E-state index contributed by atoms with van der Waals surface area (Å²) >= 11 is 10.2. The molecule has 0 radical (unpaired) electrons. The highest BCUT2D eigenvalue weighted by atomic mass is 35.5. The molecule has 0 N–H and O–H groups in total. The molecule has 5 heteroatoms. The van der Waals surface area contributed by atoms with Gasteiger partial charge in [0.2, 0.25) is 0 Å². The van der Waals surface area contributed by atoms with Crippen molar-refractivity contribution in [1.82, 2.24) is 9.88 Å². The topological polar surface area (TPSA) is 25.4 Å². The van der Waals surface area contributed by atoms with E-state index in [-0.39, 0.29) is 6.10 Å². The molecule has 17 heavy (non-hydrogen) atoms. The van der Waals surface area contributed by atoms with Crippen LogP contribution in [-0.4, -0.2) is 34.5 Å². The highest BCUT2D eigenvalue weighted by molar-refractivity contribution is 7.80. The Hall–Kier alpha value is -0.450. The van der Waals surface area contributed by atoms with E-state index >= 15 is 0 Å². The molecule has 1 aromatic rings. The van der Waals surface area contributed by atoms with Gasteiger partial charge in [-0.15, -0.1) is 0 Å². The van der Waals surface area contributed by atoms with Crippen LogP contribution in [0.2, 0.25) is 5.15 Å². The predicted octanol–water partition coefficient (Wildman–Crippen LogP) is 2.85. The van der Waals surface area contributed by atoms with Crippen LogP contribution in [-0.2, 0) is 0 Å². The highest BCUT2D eigenvalue weighted by Gasteiger charge is 2.22. The molecule has 0 aromatic carbocycles. The zero-order chi connectivity index (χ0) is 12.3. The minimum Gasteiger partial charge on any atom is -0.489 e. The molecule has 1 aliphatic heterocycles. The fourth-order valence-electron chi connectivity index (χ4n) is 1.99. The third-order valence-electron chi connectivity index (χ3n) is 3.01. The second-order valence-corrected chi connectivity index (χ2v) is 5.44. The van der Waals surface area contributed by atoms with Crippen molar-refractivity contribution >= 4 is 24.2 Å². The van der Waals surface area contributed by atoms with E-state index in [1.54, 1.807) is 12.3 Å². The molecule has 0 bridgehead atoms. The Kier molecular flexibility index (Phi) is 4.54. The number of aromatic nitrogens is 1. The standard InChI is InChI=1S/C12H17ClN2OS/c1-9(17)15-6-4-10(5-7-15)16-11-2-3-12(13)14-8-11/h2-3,8-10,17H,4-7H2,1H3. The second kappa shape index (κ2) is 5.94. The van der Waals surface area contributed by atoms with Gasteiger partial charge in [-0.1, -0.05) is 11.6 Å². The average molecular weight is 273 g/mol. The molecular formula is C12H17ClN2OS. The maximum atomic E-state index is 5.87. The van der Waals surface area contributed by atoms with Gasteiger partial charge in [0.15, 0.2) is 0 Å². The number of thiol groups is 1. The molecule has 1 saturated heterocycles. The van der Waals surface area contributed by atoms with Crippen LogP contribution in [0, 0.1) is 0 Å². The fourth-order valence-corrected chi connectivity index (χ4v) is 2.33. The average Bonchev–Trinajstić information content (AvgIpc) is 2.33. The Morgan fingerprint density at radius 1 is 1.47 bits per heavy atom. The lowest BCUT2D eigenvalue weighted by Gasteiger charge is -2.34. The Labute approximate surface area is 113 Å². The van der Waals surface area contributed by atoms with Crippen LogP contribution >= 0.6 is 24.2 Å². The summed E-state index contributed by atoms with van der Waals surface area (Å²) in [6.07, 6.45) is 4.03. The lowest BCUT2D eigenvalue weighted by Crippen LogP contribution is -2.41. The normalized spacial score (nSPS) is 20.2. The monoisotopic (exact) mass is 272 g/mol. The summed E-state index contributed by atoms with van der Waals surface area (Å²) in [6.45, 7) is 4.18. The number of piperidine rings is 1. The SMILES string of the molecule is CC(S)N1CCC(Oc2ccc(Cl)nc2)CC1. The van der Waals surface area contributed by atoms with Crippen molar-refractivity contribution in [3.8, 4) is 5.75 Å². The predicted molar refractivity (Wildman–Crippen MR) is 72.9 cm³/mol. The molecule has 2 heterocycles. The van der Waals surface area contributed by atoms with Gasteiger partial charge >= 0.3 is 0 Å². The van der Waals surface area contributed by atoms with Crippen LogP contribution in [0.1, 0.15) is 19.8 Å². The second-order valence-electron chi connectivity index (χ2n) is 4.30. The first-order chi connectivity index (χ1) is 8.15. The Balaban J connectivity index is 1.84. The summed E-state index contributed by atoms with van der Waals surface area (Å²) in [5.74, 6) is 0.798. The van der Waals surface area contributed by atoms with Gasteiger partial charge in [-0.2, -0.15) is 12.6 Å². The molecular weight excluding hydrogens is 256 g/mol. The Morgan fingerprint density at radius 2 is 2.18 bits per heavy atom. The number of pyridine rings is 1. The van der Waals surface area contributed by atoms with Crippen molar-refractivity contribution in [3.05, 3.63) is 23.5 Å². The first-order valence-corrected chi connectivity index (χ1v) is 6.75. The Morgan fingerprint density at radius 3 is 2.71 bits per heavy atom. The molecule has 1 fully saturated rings. The van der Waals surface area contributed by atoms with Gasteiger partial charge in [0.05, 0.1) is 6.20 Å². The molecule has 1 unspecified atom stereocenters. The van der Waals surface area contributed by atoms with Crippen molar-refractivity contribution in [2.24, 2.45) is 0 Å². The number of halogens is 1. The third kappa shape index (κ3) is 3.76. The first-order valence-electron chi connectivity index (χ1n) is 5.85. The third-order valence-corrected chi connectivity index (χ3v) is 3.56. The zero-order valence-electron chi connectivity index (χ0n) is 9.84. The van der Waals surface area contributed by atoms with Crippen LogP contribution in [0.25, 0.3) is 0 Å². The van der Waals surface area contributed by atoms with Crippen LogP contribution in [0.4, 0.5) is 0 Å². The zero-order valence-corrected chi connectivity index (χ0v) is 11.5. The van der Waals surface area contributed by atoms with E-state index in [0.717, 1.165) is 31.7 Å². The molecule has 2 rings (SSSR count). The molecule has 0 aliphatic carbocycles. The first kappa shape index (κ1) is 13.0. The summed E-state index contributed by atoms with van der Waals surface area (Å²) in [7, 11) is 0. The molecule has 1 aromatic heterocycles. The molecule has 94 valence electrons. The minimum atomic E-state index is 0.279. The highest BCUT2D eigenvalue weighted by Crippen LogP contribution is 2.20. The van der Waals surface area contributed by atoms with Crippen LogP contribution < -0.4 is 4.74 Å². The van der Waals surface area contributed by atoms with Gasteiger partial charge in [-0.25, -0.2) is 4.98 Å². The fraction of sp³-hybridized carbons (Fsp3) is 0.583. The van der Waals surface area contributed by atoms with Crippen LogP contribution in [0.5, 0.6) is 5.75 Å². The van der Waals surface area contributed by atoms with Crippen molar-refractivity contribution in [1.29, 1.82) is 0 Å². The Bertz CT molecular complexity index is 350. The van der Waals surface area contributed by atoms with E-state index < -0.39 is 0 Å². The molecule has 0 saturated carbocycles. The lowest BCUT2D eigenvalue weighted by molar-refractivity contribution is 0.0978. The van der Waals surface area contributed by atoms with Gasteiger partial charge in [0.1, 0.15) is 17.0 Å². The summed E-state index contributed by atoms with van der Waals surface area (Å²) in [6, 6.07) is 3.62. The van der Waals surface area contributed by atoms with Gasteiger partial charge in [-0.3, -0.25) is 4.90 Å². The van der Waals surface area contributed by atoms with Crippen LogP contribution in [0.3, 0.4) is 0 Å². The van der Waals surface area contributed by atoms with E-state index in [0.29, 0.717) is 10.5 Å². The van der Waals surface area contributed by atoms with Crippen molar-refractivity contribution in [2.45, 2.75) is 31.2 Å². The van der Waals surface area contributed by atoms with Gasteiger partial charge in [0, 0.05) is 18.5 Å². The quantitative estimate of drug-likeness (QED) is 0.677. The van der Waals surface area contributed by atoms with E-state index in [4.69, 9.17) is 16.3 Å². The number of likely N-dealkylation sites (tertiary alicyclic amines) is 1. The maximum absolute atomic E-state index is 5.87. The molecule has 0 amide bonds. The van der Waals surface area contributed by atoms with Gasteiger partial charge in [-0.05, 0) is 31.9 Å². The molecule has 1 atom stereocenters. The molecule has 3 nitrogen and oxygen atoms in total. The number of hydrogen-bond donors (Lipinski definition) is 1. The largest absolute Gasteiger partial charge is 0.489 e. The summed E-state index contributed by atoms with van der Waals surface area (Å²) in [5.41, 5.74) is 0. The van der Waals surface area contributed by atoms with E-state index in [2.05, 4.69) is 29.4 Å². The van der Waals surface area contributed by atoms with E-state index in [1.165, 1.54) is 0 Å². The van der Waals surface area contributed by atoms with Crippen molar-refractivity contribution in [2.75, 3.05) is 13.1 Å². The van der Waals surface area contributed by atoms with Crippen molar-refractivity contribution in [3.63, 3.8) is 0 Å². The number of ether oxygens (including phenoxy) is 1.